The van der Waals surface area contributed by atoms with E-state index in [0.717, 1.165) is 39.4 Å². The molecule has 1 aliphatic heterocycles. The summed E-state index contributed by atoms with van der Waals surface area (Å²) in [5, 5.41) is 1.82. The highest BCUT2D eigenvalue weighted by Crippen LogP contribution is 2.36. The molecule has 0 radical (unpaired) electrons. The second-order valence-electron chi connectivity index (χ2n) is 11.0. The van der Waals surface area contributed by atoms with Gasteiger partial charge in [0.15, 0.2) is 11.5 Å². The van der Waals surface area contributed by atoms with Crippen molar-refractivity contribution in [1.82, 2.24) is 4.90 Å². The largest absolute Gasteiger partial charge is 0.490 e. The fraction of sp³-hybridized carbons (Fsp3) is 0.257. The van der Waals surface area contributed by atoms with Crippen molar-refractivity contribution in [3.8, 4) is 17.2 Å². The van der Waals surface area contributed by atoms with Crippen molar-refractivity contribution in [3.63, 3.8) is 0 Å². The third kappa shape index (κ3) is 6.80. The molecule has 0 spiro atoms. The molecular weight excluding hydrogens is 546 g/mol. The van der Waals surface area contributed by atoms with E-state index in [1.807, 2.05) is 79.7 Å². The highest BCUT2D eigenvalue weighted by molar-refractivity contribution is 8.18. The summed E-state index contributed by atoms with van der Waals surface area (Å²) in [4.78, 5) is 27.8. The number of amides is 2. The molecule has 0 atom stereocenters. The van der Waals surface area contributed by atoms with Gasteiger partial charge in [-0.2, -0.15) is 0 Å². The summed E-state index contributed by atoms with van der Waals surface area (Å²) in [7, 11) is 0. The molecule has 0 aliphatic carbocycles. The molecule has 1 fully saturated rings. The predicted molar refractivity (Wildman–Crippen MR) is 169 cm³/mol. The summed E-state index contributed by atoms with van der Waals surface area (Å²) in [5.74, 6) is 1.64. The molecule has 1 saturated heterocycles. The third-order valence-electron chi connectivity index (χ3n) is 6.98. The van der Waals surface area contributed by atoms with Crippen LogP contribution < -0.4 is 14.2 Å². The number of nitrogens with zero attached hydrogens (tertiary/aromatic N) is 1. The van der Waals surface area contributed by atoms with Gasteiger partial charge in [-0.15, -0.1) is 0 Å². The number of carbonyl (C=O) groups excluding carboxylic acids is 2. The first-order chi connectivity index (χ1) is 20.2. The number of benzene rings is 4. The van der Waals surface area contributed by atoms with Crippen LogP contribution in [0.15, 0.2) is 89.8 Å². The van der Waals surface area contributed by atoms with E-state index in [-0.39, 0.29) is 23.1 Å². The Bertz CT molecular complexity index is 1620. The van der Waals surface area contributed by atoms with Crippen LogP contribution in [0, 0.1) is 0 Å². The van der Waals surface area contributed by atoms with Crippen LogP contribution in [0.5, 0.6) is 17.2 Å². The molecule has 7 heteroatoms. The maximum Gasteiger partial charge on any atom is 0.293 e. The molecule has 42 heavy (non-hydrogen) atoms. The maximum absolute atomic E-state index is 13.2. The van der Waals surface area contributed by atoms with E-state index in [9.17, 15) is 9.59 Å². The van der Waals surface area contributed by atoms with Crippen molar-refractivity contribution in [2.45, 2.75) is 39.7 Å². The van der Waals surface area contributed by atoms with Crippen LogP contribution in [0.2, 0.25) is 0 Å². The number of carbonyl (C=O) groups is 2. The fourth-order valence-electron chi connectivity index (χ4n) is 4.75. The van der Waals surface area contributed by atoms with Gasteiger partial charge in [-0.25, -0.2) is 0 Å². The Hall–Kier alpha value is -4.23. The van der Waals surface area contributed by atoms with Crippen LogP contribution in [0.4, 0.5) is 4.79 Å². The molecule has 0 bridgehead atoms. The summed E-state index contributed by atoms with van der Waals surface area (Å²) < 4.78 is 17.6. The van der Waals surface area contributed by atoms with Crippen molar-refractivity contribution >= 4 is 39.8 Å². The molecular formula is C35H35NO5S. The molecule has 0 aromatic heterocycles. The average Bonchev–Trinajstić information content (AvgIpc) is 3.23. The van der Waals surface area contributed by atoms with Crippen molar-refractivity contribution in [3.05, 3.63) is 107 Å². The Labute approximate surface area is 251 Å². The zero-order valence-electron chi connectivity index (χ0n) is 24.4. The second kappa shape index (κ2) is 12.7. The lowest BCUT2D eigenvalue weighted by molar-refractivity contribution is -0.123. The molecule has 4 aromatic rings. The zero-order valence-corrected chi connectivity index (χ0v) is 25.2. The first-order valence-electron chi connectivity index (χ1n) is 14.1. The van der Waals surface area contributed by atoms with E-state index in [2.05, 4.69) is 32.9 Å². The predicted octanol–water partition coefficient (Wildman–Crippen LogP) is 8.23. The molecule has 0 N–H and O–H groups in total. The molecule has 1 aliphatic rings. The van der Waals surface area contributed by atoms with Gasteiger partial charge in [0.2, 0.25) is 0 Å². The minimum Gasteiger partial charge on any atom is -0.490 e. The van der Waals surface area contributed by atoms with Crippen LogP contribution >= 0.6 is 11.8 Å². The smallest absolute Gasteiger partial charge is 0.293 e. The molecule has 2 amide bonds. The Balaban J connectivity index is 1.23. The van der Waals surface area contributed by atoms with Gasteiger partial charge in [0.25, 0.3) is 11.1 Å². The number of imide groups is 1. The number of fused-ring (bicyclic) bond motifs is 1. The maximum atomic E-state index is 13.2. The van der Waals surface area contributed by atoms with Crippen LogP contribution in [-0.2, 0) is 16.8 Å². The molecule has 4 aromatic carbocycles. The van der Waals surface area contributed by atoms with Crippen molar-refractivity contribution in [2.24, 2.45) is 0 Å². The van der Waals surface area contributed by atoms with Gasteiger partial charge in [-0.05, 0) is 81.9 Å². The van der Waals surface area contributed by atoms with E-state index >= 15 is 0 Å². The van der Waals surface area contributed by atoms with E-state index < -0.39 is 0 Å². The fourth-order valence-corrected chi connectivity index (χ4v) is 5.59. The van der Waals surface area contributed by atoms with Gasteiger partial charge in [-0.3, -0.25) is 14.5 Å². The molecule has 5 rings (SSSR count). The van der Waals surface area contributed by atoms with E-state index in [1.54, 1.807) is 6.08 Å². The lowest BCUT2D eigenvalue weighted by Crippen LogP contribution is -2.27. The van der Waals surface area contributed by atoms with Crippen molar-refractivity contribution in [2.75, 3.05) is 19.8 Å². The minimum atomic E-state index is -0.302. The molecule has 216 valence electrons. The number of rotatable bonds is 10. The Kier molecular flexibility index (Phi) is 8.88. The molecule has 0 saturated carbocycles. The second-order valence-corrected chi connectivity index (χ2v) is 12.0. The van der Waals surface area contributed by atoms with Crippen molar-refractivity contribution in [1.29, 1.82) is 0 Å². The Morgan fingerprint density at radius 2 is 1.55 bits per heavy atom. The van der Waals surface area contributed by atoms with Crippen LogP contribution in [-0.4, -0.2) is 35.9 Å². The van der Waals surface area contributed by atoms with E-state index in [0.29, 0.717) is 36.2 Å². The zero-order chi connectivity index (χ0) is 29.7. The standard InChI is InChI=1S/C35H35NO5S/c1-5-39-31-21-24(13-18-30(31)41-20-19-40-28-16-14-27(15-17-28)35(2,3)4)22-32-33(37)36(34(38)42-32)23-26-11-8-10-25-9-6-7-12-29(25)26/h6-18,21-22H,5,19-20,23H2,1-4H3/b32-22-. The Morgan fingerprint density at radius 1 is 0.810 bits per heavy atom. The number of thioether (sulfide) groups is 1. The highest BCUT2D eigenvalue weighted by Gasteiger charge is 2.35. The summed E-state index contributed by atoms with van der Waals surface area (Å²) in [6.07, 6.45) is 1.73. The van der Waals surface area contributed by atoms with Gasteiger partial charge < -0.3 is 14.2 Å². The summed E-state index contributed by atoms with van der Waals surface area (Å²) in [6, 6.07) is 27.5. The average molecular weight is 582 g/mol. The molecule has 0 unspecified atom stereocenters. The molecule has 1 heterocycles. The Morgan fingerprint density at radius 3 is 2.31 bits per heavy atom. The highest BCUT2D eigenvalue weighted by atomic mass is 32.2. The minimum absolute atomic E-state index is 0.0928. The quantitative estimate of drug-likeness (QED) is 0.139. The normalized spacial score (nSPS) is 14.6. The first kappa shape index (κ1) is 29.3. The summed E-state index contributed by atoms with van der Waals surface area (Å²) >= 11 is 0.951. The number of hydrogen-bond donors (Lipinski definition) is 0. The van der Waals surface area contributed by atoms with Gasteiger partial charge in [0.1, 0.15) is 19.0 Å². The summed E-state index contributed by atoms with van der Waals surface area (Å²) in [5.41, 5.74) is 3.02. The molecule has 6 nitrogen and oxygen atoms in total. The SMILES string of the molecule is CCOc1cc(/C=C2\SC(=O)N(Cc3cccc4ccccc34)C2=O)ccc1OCCOc1ccc(C(C)(C)C)cc1. The van der Waals surface area contributed by atoms with Crippen LogP contribution in [0.25, 0.3) is 16.8 Å². The third-order valence-corrected chi connectivity index (χ3v) is 7.88. The van der Waals surface area contributed by atoms with E-state index in [4.69, 9.17) is 14.2 Å². The van der Waals surface area contributed by atoms with Crippen LogP contribution in [0.1, 0.15) is 44.4 Å². The van der Waals surface area contributed by atoms with Crippen molar-refractivity contribution < 1.29 is 23.8 Å². The number of hydrogen-bond acceptors (Lipinski definition) is 6. The van der Waals surface area contributed by atoms with Crippen LogP contribution in [0.3, 0.4) is 0 Å². The van der Waals surface area contributed by atoms with Gasteiger partial charge in [0, 0.05) is 0 Å². The van der Waals surface area contributed by atoms with Gasteiger partial charge in [-0.1, -0.05) is 81.4 Å². The number of ether oxygens (including phenoxy) is 3. The van der Waals surface area contributed by atoms with Gasteiger partial charge >= 0.3 is 0 Å². The summed E-state index contributed by atoms with van der Waals surface area (Å²) in [6.45, 7) is 9.85. The van der Waals surface area contributed by atoms with E-state index in [1.165, 1.54) is 10.5 Å². The lowest BCUT2D eigenvalue weighted by Gasteiger charge is -2.19. The topological polar surface area (TPSA) is 65.1 Å². The lowest BCUT2D eigenvalue weighted by atomic mass is 9.87. The van der Waals surface area contributed by atoms with Gasteiger partial charge in [0.05, 0.1) is 18.1 Å². The monoisotopic (exact) mass is 581 g/mol. The first-order valence-corrected chi connectivity index (χ1v) is 14.9.